The van der Waals surface area contributed by atoms with Crippen LogP contribution in [0.5, 0.6) is 5.88 Å². The number of hydrogen-bond acceptors (Lipinski definition) is 4. The van der Waals surface area contributed by atoms with Gasteiger partial charge in [0.05, 0.1) is 19.3 Å². The zero-order chi connectivity index (χ0) is 9.68. The van der Waals surface area contributed by atoms with E-state index in [0.29, 0.717) is 18.1 Å². The van der Waals surface area contributed by atoms with Gasteiger partial charge in [0, 0.05) is 12.3 Å². The summed E-state index contributed by atoms with van der Waals surface area (Å²) >= 11 is 0. The second kappa shape index (κ2) is 4.45. The number of rotatable bonds is 3. The maximum Gasteiger partial charge on any atom is 0.339 e. The maximum atomic E-state index is 11.0. The third kappa shape index (κ3) is 2.43. The average Bonchev–Trinajstić information content (AvgIpc) is 2.18. The molecule has 13 heavy (non-hydrogen) atoms. The normalized spacial score (nSPS) is 9.38. The lowest BCUT2D eigenvalue weighted by molar-refractivity contribution is 0.0600. The fourth-order valence-electron chi connectivity index (χ4n) is 0.852. The van der Waals surface area contributed by atoms with Gasteiger partial charge < -0.3 is 9.47 Å². The minimum Gasteiger partial charge on any atom is -0.478 e. The number of methoxy groups -OCH3 is 1. The molecule has 0 N–H and O–H groups in total. The van der Waals surface area contributed by atoms with Crippen molar-refractivity contribution in [2.24, 2.45) is 0 Å². The number of esters is 1. The maximum absolute atomic E-state index is 11.0. The Hall–Kier alpha value is -1.58. The summed E-state index contributed by atoms with van der Waals surface area (Å²) in [7, 11) is 1.33. The first-order valence-corrected chi connectivity index (χ1v) is 3.95. The second-order valence-corrected chi connectivity index (χ2v) is 2.31. The quantitative estimate of drug-likeness (QED) is 0.659. The van der Waals surface area contributed by atoms with Crippen molar-refractivity contribution < 1.29 is 14.3 Å². The van der Waals surface area contributed by atoms with Crippen molar-refractivity contribution in [3.8, 4) is 5.88 Å². The molecule has 1 heterocycles. The molecule has 0 saturated heterocycles. The van der Waals surface area contributed by atoms with Crippen LogP contribution in [-0.2, 0) is 4.74 Å². The molecule has 0 aliphatic carbocycles. The van der Waals surface area contributed by atoms with Gasteiger partial charge in [-0.15, -0.1) is 0 Å². The van der Waals surface area contributed by atoms with E-state index in [-0.39, 0.29) is 0 Å². The van der Waals surface area contributed by atoms with Crippen LogP contribution in [0, 0.1) is 0 Å². The molecule has 0 atom stereocenters. The molecule has 0 aliphatic heterocycles. The van der Waals surface area contributed by atoms with Gasteiger partial charge in [-0.25, -0.2) is 9.78 Å². The van der Waals surface area contributed by atoms with Crippen molar-refractivity contribution in [3.05, 3.63) is 23.9 Å². The van der Waals surface area contributed by atoms with Crippen molar-refractivity contribution in [1.29, 1.82) is 0 Å². The Morgan fingerprint density at radius 2 is 2.31 bits per heavy atom. The molecule has 0 bridgehead atoms. The average molecular weight is 181 g/mol. The monoisotopic (exact) mass is 181 g/mol. The highest BCUT2D eigenvalue weighted by atomic mass is 16.5. The van der Waals surface area contributed by atoms with Gasteiger partial charge in [0.25, 0.3) is 0 Å². The lowest BCUT2D eigenvalue weighted by Gasteiger charge is -2.01. The van der Waals surface area contributed by atoms with Crippen LogP contribution in [-0.4, -0.2) is 24.7 Å². The molecule has 0 aromatic carbocycles. The Morgan fingerprint density at radius 1 is 1.54 bits per heavy atom. The summed E-state index contributed by atoms with van der Waals surface area (Å²) in [5.41, 5.74) is 0.422. The number of pyridine rings is 1. The molecule has 1 aromatic rings. The van der Waals surface area contributed by atoms with Crippen molar-refractivity contribution in [3.63, 3.8) is 0 Å². The lowest BCUT2D eigenvalue weighted by atomic mass is 10.3. The predicted octanol–water partition coefficient (Wildman–Crippen LogP) is 1.27. The molecule has 0 aliphatic rings. The van der Waals surface area contributed by atoms with Crippen molar-refractivity contribution in [2.75, 3.05) is 13.7 Å². The molecule has 70 valence electrons. The summed E-state index contributed by atoms with van der Waals surface area (Å²) in [4.78, 5) is 14.9. The number of hydrogen-bond donors (Lipinski definition) is 0. The lowest BCUT2D eigenvalue weighted by Crippen LogP contribution is -2.02. The van der Waals surface area contributed by atoms with Crippen LogP contribution >= 0.6 is 0 Å². The standard InChI is InChI=1S/C9H11NO3/c1-3-13-8-5-4-7(6-10-8)9(11)12-2/h4-6H,3H2,1-2H3. The summed E-state index contributed by atoms with van der Waals surface area (Å²) in [5, 5.41) is 0. The van der Waals surface area contributed by atoms with Gasteiger partial charge >= 0.3 is 5.97 Å². The van der Waals surface area contributed by atoms with Gasteiger partial charge in [0.2, 0.25) is 5.88 Å². The molecule has 0 spiro atoms. The Kier molecular flexibility index (Phi) is 3.25. The number of carbonyl (C=O) groups is 1. The Bertz CT molecular complexity index is 281. The van der Waals surface area contributed by atoms with E-state index in [1.54, 1.807) is 12.1 Å². The molecule has 4 heteroatoms. The smallest absolute Gasteiger partial charge is 0.339 e. The zero-order valence-corrected chi connectivity index (χ0v) is 7.61. The van der Waals surface area contributed by atoms with Crippen LogP contribution in [0.3, 0.4) is 0 Å². The van der Waals surface area contributed by atoms with Gasteiger partial charge in [-0.1, -0.05) is 0 Å². The molecule has 0 radical (unpaired) electrons. The van der Waals surface area contributed by atoms with Crippen molar-refractivity contribution in [1.82, 2.24) is 4.98 Å². The first-order valence-electron chi connectivity index (χ1n) is 3.95. The summed E-state index contributed by atoms with van der Waals surface area (Å²) in [6, 6.07) is 3.25. The third-order valence-corrected chi connectivity index (χ3v) is 1.45. The van der Waals surface area contributed by atoms with E-state index in [1.807, 2.05) is 6.92 Å². The molecular formula is C9H11NO3. The van der Waals surface area contributed by atoms with Crippen LogP contribution in [0.25, 0.3) is 0 Å². The first kappa shape index (κ1) is 9.51. The minimum atomic E-state index is -0.393. The van der Waals surface area contributed by atoms with Gasteiger partial charge in [0.1, 0.15) is 0 Å². The Balaban J connectivity index is 2.75. The zero-order valence-electron chi connectivity index (χ0n) is 7.61. The van der Waals surface area contributed by atoms with E-state index in [4.69, 9.17) is 4.74 Å². The van der Waals surface area contributed by atoms with Crippen LogP contribution < -0.4 is 4.74 Å². The molecule has 0 saturated carbocycles. The Labute approximate surface area is 76.5 Å². The summed E-state index contributed by atoms with van der Waals surface area (Å²) in [5.74, 6) is 0.116. The Morgan fingerprint density at radius 3 is 2.77 bits per heavy atom. The number of carbonyl (C=O) groups excluding carboxylic acids is 1. The van der Waals surface area contributed by atoms with E-state index < -0.39 is 5.97 Å². The first-order chi connectivity index (χ1) is 6.27. The van der Waals surface area contributed by atoms with Gasteiger partial charge in [-0.05, 0) is 13.0 Å². The predicted molar refractivity (Wildman–Crippen MR) is 46.7 cm³/mol. The molecule has 0 unspecified atom stereocenters. The molecule has 0 amide bonds. The van der Waals surface area contributed by atoms with Crippen LogP contribution in [0.15, 0.2) is 18.3 Å². The second-order valence-electron chi connectivity index (χ2n) is 2.31. The molecular weight excluding hydrogens is 170 g/mol. The van der Waals surface area contributed by atoms with E-state index in [2.05, 4.69) is 9.72 Å². The summed E-state index contributed by atoms with van der Waals surface area (Å²) in [6.07, 6.45) is 1.43. The van der Waals surface area contributed by atoms with Crippen LogP contribution in [0.2, 0.25) is 0 Å². The van der Waals surface area contributed by atoms with Crippen LogP contribution in [0.4, 0.5) is 0 Å². The largest absolute Gasteiger partial charge is 0.478 e. The van der Waals surface area contributed by atoms with Crippen LogP contribution in [0.1, 0.15) is 17.3 Å². The van der Waals surface area contributed by atoms with Gasteiger partial charge in [-0.2, -0.15) is 0 Å². The summed E-state index contributed by atoms with van der Waals surface area (Å²) in [6.45, 7) is 2.43. The highest BCUT2D eigenvalue weighted by molar-refractivity contribution is 5.88. The van der Waals surface area contributed by atoms with E-state index >= 15 is 0 Å². The topological polar surface area (TPSA) is 48.4 Å². The number of nitrogens with zero attached hydrogens (tertiary/aromatic N) is 1. The molecule has 1 aromatic heterocycles. The number of ether oxygens (including phenoxy) is 2. The molecule has 1 rings (SSSR count). The van der Waals surface area contributed by atoms with E-state index in [1.165, 1.54) is 13.3 Å². The molecule has 4 nitrogen and oxygen atoms in total. The molecule has 0 fully saturated rings. The number of aromatic nitrogens is 1. The fraction of sp³-hybridized carbons (Fsp3) is 0.333. The van der Waals surface area contributed by atoms with Gasteiger partial charge in [0.15, 0.2) is 0 Å². The van der Waals surface area contributed by atoms with E-state index in [0.717, 1.165) is 0 Å². The van der Waals surface area contributed by atoms with Crippen molar-refractivity contribution in [2.45, 2.75) is 6.92 Å². The highest BCUT2D eigenvalue weighted by Gasteiger charge is 2.04. The third-order valence-electron chi connectivity index (χ3n) is 1.45. The van der Waals surface area contributed by atoms with E-state index in [9.17, 15) is 4.79 Å². The van der Waals surface area contributed by atoms with Gasteiger partial charge in [-0.3, -0.25) is 0 Å². The fourth-order valence-corrected chi connectivity index (χ4v) is 0.852. The highest BCUT2D eigenvalue weighted by Crippen LogP contribution is 2.07. The minimum absolute atomic E-state index is 0.393. The van der Waals surface area contributed by atoms with Crippen molar-refractivity contribution >= 4 is 5.97 Å². The summed E-state index contributed by atoms with van der Waals surface area (Å²) < 4.78 is 9.63. The SMILES string of the molecule is CCOc1ccc(C(=O)OC)cn1.